The topological polar surface area (TPSA) is 87.7 Å². The first-order chi connectivity index (χ1) is 11.0. The van der Waals surface area contributed by atoms with Crippen LogP contribution in [0.15, 0.2) is 0 Å². The molecule has 0 spiro atoms. The lowest BCUT2D eigenvalue weighted by Crippen LogP contribution is -2.48. The minimum Gasteiger partial charge on any atom is -0.450 e. The van der Waals surface area contributed by atoms with Crippen molar-refractivity contribution in [2.75, 3.05) is 26.2 Å². The van der Waals surface area contributed by atoms with Crippen molar-refractivity contribution in [2.24, 2.45) is 5.92 Å². The van der Waals surface area contributed by atoms with Crippen LogP contribution in [-0.2, 0) is 14.3 Å². The quantitative estimate of drug-likeness (QED) is 0.735. The molecule has 132 valence electrons. The average Bonchev–Trinajstić information content (AvgIpc) is 2.49. The van der Waals surface area contributed by atoms with E-state index < -0.39 is 12.0 Å². The zero-order chi connectivity index (χ0) is 17.2. The molecule has 1 fully saturated rings. The molecule has 0 radical (unpaired) electrons. The van der Waals surface area contributed by atoms with Gasteiger partial charge in [-0.25, -0.2) is 4.79 Å². The number of alkyl carbamates (subject to hydrolysis) is 1. The Bertz CT molecular complexity index is 414. The minimum absolute atomic E-state index is 0.0110. The molecule has 1 aliphatic rings. The predicted molar refractivity (Wildman–Crippen MR) is 86.8 cm³/mol. The molecule has 7 heteroatoms. The van der Waals surface area contributed by atoms with E-state index in [0.717, 1.165) is 19.3 Å². The molecule has 0 aromatic carbocycles. The zero-order valence-corrected chi connectivity index (χ0v) is 14.4. The Balaban J connectivity index is 2.37. The molecule has 2 atom stereocenters. The van der Waals surface area contributed by atoms with E-state index in [0.29, 0.717) is 12.5 Å². The monoisotopic (exact) mass is 327 g/mol. The number of nitrogens with one attached hydrogen (secondary N) is 2. The van der Waals surface area contributed by atoms with Gasteiger partial charge in [-0.1, -0.05) is 26.7 Å². The number of carbonyl (C=O) groups is 3. The van der Waals surface area contributed by atoms with Gasteiger partial charge in [0.05, 0.1) is 19.7 Å². The lowest BCUT2D eigenvalue weighted by Gasteiger charge is -2.30. The highest BCUT2D eigenvalue weighted by molar-refractivity contribution is 5.93. The molecule has 0 aromatic heterocycles. The fourth-order valence-electron chi connectivity index (χ4n) is 2.79. The predicted octanol–water partition coefficient (Wildman–Crippen LogP) is 1.28. The molecular weight excluding hydrogens is 298 g/mol. The van der Waals surface area contributed by atoms with Gasteiger partial charge in [0, 0.05) is 6.04 Å². The molecule has 7 nitrogen and oxygen atoms in total. The molecule has 23 heavy (non-hydrogen) atoms. The first-order valence-electron chi connectivity index (χ1n) is 8.44. The number of carbonyl (C=O) groups excluding carboxylic acids is 3. The fraction of sp³-hybridized carbons (Fsp3) is 0.812. The van der Waals surface area contributed by atoms with Gasteiger partial charge in [-0.2, -0.15) is 0 Å². The highest BCUT2D eigenvalue weighted by Gasteiger charge is 2.23. The van der Waals surface area contributed by atoms with Crippen molar-refractivity contribution < 1.29 is 19.1 Å². The third-order valence-electron chi connectivity index (χ3n) is 4.16. The number of imide groups is 1. The third-order valence-corrected chi connectivity index (χ3v) is 4.16. The Morgan fingerprint density at radius 1 is 1.09 bits per heavy atom. The van der Waals surface area contributed by atoms with Crippen LogP contribution in [0.4, 0.5) is 4.79 Å². The van der Waals surface area contributed by atoms with Gasteiger partial charge in [-0.15, -0.1) is 0 Å². The lowest BCUT2D eigenvalue weighted by atomic mass is 9.86. The Morgan fingerprint density at radius 3 is 2.35 bits per heavy atom. The van der Waals surface area contributed by atoms with Crippen molar-refractivity contribution in [1.82, 2.24) is 15.5 Å². The SMILES string of the molecule is CCOC(=O)NC(=O)CN(CC)CC(=O)N[C@H]1CCCC[C@@H]1C. The number of amides is 3. The number of ether oxygens (including phenoxy) is 1. The summed E-state index contributed by atoms with van der Waals surface area (Å²) in [5, 5.41) is 5.20. The molecule has 1 aliphatic carbocycles. The van der Waals surface area contributed by atoms with Gasteiger partial charge in [-0.3, -0.25) is 19.8 Å². The maximum absolute atomic E-state index is 12.2. The Hall–Kier alpha value is -1.63. The Morgan fingerprint density at radius 2 is 1.74 bits per heavy atom. The molecule has 0 aromatic rings. The highest BCUT2D eigenvalue weighted by atomic mass is 16.5. The fourth-order valence-corrected chi connectivity index (χ4v) is 2.79. The largest absolute Gasteiger partial charge is 0.450 e. The summed E-state index contributed by atoms with van der Waals surface area (Å²) < 4.78 is 4.65. The van der Waals surface area contributed by atoms with Crippen molar-refractivity contribution in [3.8, 4) is 0 Å². The molecule has 0 unspecified atom stereocenters. The average molecular weight is 327 g/mol. The van der Waals surface area contributed by atoms with E-state index >= 15 is 0 Å². The van der Waals surface area contributed by atoms with Crippen molar-refractivity contribution >= 4 is 17.9 Å². The Kier molecular flexibility index (Phi) is 8.61. The molecular formula is C16H29N3O4. The second-order valence-corrected chi connectivity index (χ2v) is 6.01. The summed E-state index contributed by atoms with van der Waals surface area (Å²) in [4.78, 5) is 36.8. The third kappa shape index (κ3) is 7.45. The summed E-state index contributed by atoms with van der Waals surface area (Å²) in [5.74, 6) is -0.0476. The number of nitrogens with zero attached hydrogens (tertiary/aromatic N) is 1. The first kappa shape index (κ1) is 19.4. The van der Waals surface area contributed by atoms with Gasteiger partial charge in [0.25, 0.3) is 0 Å². The van der Waals surface area contributed by atoms with Crippen LogP contribution in [0.1, 0.15) is 46.5 Å². The van der Waals surface area contributed by atoms with Gasteiger partial charge in [0.15, 0.2) is 0 Å². The molecule has 1 rings (SSSR count). The van der Waals surface area contributed by atoms with Gasteiger partial charge < -0.3 is 10.1 Å². The van der Waals surface area contributed by atoms with Crippen LogP contribution in [0, 0.1) is 5.92 Å². The molecule has 0 saturated heterocycles. The van der Waals surface area contributed by atoms with Crippen LogP contribution in [0.2, 0.25) is 0 Å². The van der Waals surface area contributed by atoms with Gasteiger partial charge in [0.2, 0.25) is 11.8 Å². The number of likely N-dealkylation sites (N-methyl/N-ethyl adjacent to an activating group) is 1. The number of rotatable bonds is 7. The van der Waals surface area contributed by atoms with E-state index in [1.165, 1.54) is 6.42 Å². The molecule has 2 N–H and O–H groups in total. The standard InChI is InChI=1S/C16H29N3O4/c1-4-19(11-15(21)18-16(22)23-5-2)10-14(20)17-13-9-7-6-8-12(13)3/h12-13H,4-11H2,1-3H3,(H,17,20)(H,18,21,22)/t12-,13-/m0/s1. The molecule has 0 heterocycles. The second-order valence-electron chi connectivity index (χ2n) is 6.01. The summed E-state index contributed by atoms with van der Waals surface area (Å²) in [5.41, 5.74) is 0. The lowest BCUT2D eigenvalue weighted by molar-refractivity contribution is -0.125. The van der Waals surface area contributed by atoms with Gasteiger partial charge in [0.1, 0.15) is 0 Å². The molecule has 0 aliphatic heterocycles. The molecule has 3 amide bonds. The maximum atomic E-state index is 12.2. The minimum atomic E-state index is -0.756. The van der Waals surface area contributed by atoms with Crippen molar-refractivity contribution in [1.29, 1.82) is 0 Å². The van der Waals surface area contributed by atoms with Crippen LogP contribution in [-0.4, -0.2) is 55.1 Å². The van der Waals surface area contributed by atoms with Crippen LogP contribution >= 0.6 is 0 Å². The number of hydrogen-bond donors (Lipinski definition) is 2. The van der Waals surface area contributed by atoms with Crippen LogP contribution < -0.4 is 10.6 Å². The summed E-state index contributed by atoms with van der Waals surface area (Å²) in [6, 6.07) is 0.225. The smallest absolute Gasteiger partial charge is 0.413 e. The van der Waals surface area contributed by atoms with Crippen molar-refractivity contribution in [3.63, 3.8) is 0 Å². The normalized spacial score (nSPS) is 20.9. The summed E-state index contributed by atoms with van der Waals surface area (Å²) >= 11 is 0. The highest BCUT2D eigenvalue weighted by Crippen LogP contribution is 2.23. The van der Waals surface area contributed by atoms with Crippen LogP contribution in [0.25, 0.3) is 0 Å². The van der Waals surface area contributed by atoms with E-state index in [1.54, 1.807) is 11.8 Å². The molecule has 1 saturated carbocycles. The maximum Gasteiger partial charge on any atom is 0.413 e. The second kappa shape index (κ2) is 10.2. The van der Waals surface area contributed by atoms with Crippen molar-refractivity contribution in [3.05, 3.63) is 0 Å². The van der Waals surface area contributed by atoms with E-state index in [9.17, 15) is 14.4 Å². The summed E-state index contributed by atoms with van der Waals surface area (Å²) in [6.45, 7) is 6.59. The number of hydrogen-bond acceptors (Lipinski definition) is 5. The van der Waals surface area contributed by atoms with E-state index in [1.807, 2.05) is 6.92 Å². The van der Waals surface area contributed by atoms with Crippen LogP contribution in [0.3, 0.4) is 0 Å². The molecule has 0 bridgehead atoms. The van der Waals surface area contributed by atoms with E-state index in [4.69, 9.17) is 0 Å². The first-order valence-corrected chi connectivity index (χ1v) is 8.44. The van der Waals surface area contributed by atoms with E-state index in [2.05, 4.69) is 22.3 Å². The summed E-state index contributed by atoms with van der Waals surface area (Å²) in [7, 11) is 0. The Labute approximate surface area is 138 Å². The van der Waals surface area contributed by atoms with E-state index in [-0.39, 0.29) is 31.6 Å². The van der Waals surface area contributed by atoms with Crippen molar-refractivity contribution in [2.45, 2.75) is 52.5 Å². The van der Waals surface area contributed by atoms with Gasteiger partial charge >= 0.3 is 6.09 Å². The van der Waals surface area contributed by atoms with Gasteiger partial charge in [-0.05, 0) is 32.2 Å². The zero-order valence-electron chi connectivity index (χ0n) is 14.4. The van der Waals surface area contributed by atoms with Crippen LogP contribution in [0.5, 0.6) is 0 Å². The summed E-state index contributed by atoms with van der Waals surface area (Å²) in [6.07, 6.45) is 3.78.